The third-order valence-electron chi connectivity index (χ3n) is 2.82. The van der Waals surface area contributed by atoms with Crippen LogP contribution >= 0.6 is 27.7 Å². The molecule has 3 heteroatoms. The summed E-state index contributed by atoms with van der Waals surface area (Å²) in [6.07, 6.45) is 0. The van der Waals surface area contributed by atoms with Crippen molar-refractivity contribution < 1.29 is 4.39 Å². The van der Waals surface area contributed by atoms with Crippen molar-refractivity contribution in [1.29, 1.82) is 0 Å². The second-order valence-corrected chi connectivity index (χ2v) is 6.63. The van der Waals surface area contributed by atoms with E-state index in [1.807, 2.05) is 12.1 Å². The van der Waals surface area contributed by atoms with Crippen molar-refractivity contribution in [3.63, 3.8) is 0 Å². The van der Waals surface area contributed by atoms with Crippen molar-refractivity contribution in [3.05, 3.63) is 68.9 Å². The van der Waals surface area contributed by atoms with Gasteiger partial charge in [0.1, 0.15) is 5.82 Å². The normalized spacial score (nSPS) is 10.7. The topological polar surface area (TPSA) is 0 Å². The van der Waals surface area contributed by atoms with Gasteiger partial charge >= 0.3 is 0 Å². The summed E-state index contributed by atoms with van der Waals surface area (Å²) in [5.74, 6) is 1.48. The highest BCUT2D eigenvalue weighted by Gasteiger charge is 2.03. The lowest BCUT2D eigenvalue weighted by molar-refractivity contribution is 0.616. The molecule has 0 aliphatic rings. The molecule has 0 aliphatic carbocycles. The Morgan fingerprint density at radius 1 is 1.00 bits per heavy atom. The number of hydrogen-bond donors (Lipinski definition) is 0. The van der Waals surface area contributed by atoms with Gasteiger partial charge in [-0.15, -0.1) is 0 Å². The monoisotopic (exact) mass is 338 g/mol. The highest BCUT2D eigenvalue weighted by atomic mass is 79.9. The Morgan fingerprint density at radius 2 is 1.68 bits per heavy atom. The number of aryl methyl sites for hydroxylation is 2. The van der Waals surface area contributed by atoms with Gasteiger partial charge in [-0.25, -0.2) is 4.39 Å². The smallest absolute Gasteiger partial charge is 0.128 e. The van der Waals surface area contributed by atoms with Crippen LogP contribution in [0.3, 0.4) is 0 Å². The molecule has 0 saturated heterocycles. The van der Waals surface area contributed by atoms with E-state index in [1.165, 1.54) is 22.8 Å². The molecule has 2 aromatic rings. The number of halogens is 2. The van der Waals surface area contributed by atoms with Crippen LogP contribution in [0, 0.1) is 19.7 Å². The molecular formula is C16H16BrFS. The fraction of sp³-hybridized carbons (Fsp3) is 0.250. The van der Waals surface area contributed by atoms with E-state index in [9.17, 15) is 4.39 Å². The molecule has 0 aliphatic heterocycles. The highest BCUT2D eigenvalue weighted by Crippen LogP contribution is 2.23. The minimum Gasteiger partial charge on any atom is -0.207 e. The lowest BCUT2D eigenvalue weighted by Gasteiger charge is -2.06. The Kier molecular flexibility index (Phi) is 5.06. The lowest BCUT2D eigenvalue weighted by atomic mass is 10.1. The van der Waals surface area contributed by atoms with Crippen molar-refractivity contribution in [2.45, 2.75) is 25.4 Å². The zero-order valence-corrected chi connectivity index (χ0v) is 13.4. The van der Waals surface area contributed by atoms with Crippen LogP contribution in [-0.4, -0.2) is 0 Å². The fourth-order valence-corrected chi connectivity index (χ4v) is 3.36. The summed E-state index contributed by atoms with van der Waals surface area (Å²) in [4.78, 5) is 0. The van der Waals surface area contributed by atoms with Gasteiger partial charge in [0, 0.05) is 16.0 Å². The Bertz CT molecular complexity index is 561. The maximum absolute atomic E-state index is 13.7. The standard InChI is InChI=1S/C16H16BrFS/c1-11-5-12(2)7-13(6-11)9-19-10-14-3-4-15(17)8-16(14)18/h3-8H,9-10H2,1-2H3. The number of benzene rings is 2. The van der Waals surface area contributed by atoms with Crippen LogP contribution in [0.25, 0.3) is 0 Å². The van der Waals surface area contributed by atoms with Crippen LogP contribution in [0.1, 0.15) is 22.3 Å². The maximum Gasteiger partial charge on any atom is 0.128 e. The fourth-order valence-electron chi connectivity index (χ4n) is 2.07. The minimum absolute atomic E-state index is 0.137. The van der Waals surface area contributed by atoms with Crippen LogP contribution in [-0.2, 0) is 11.5 Å². The van der Waals surface area contributed by atoms with Gasteiger partial charge in [-0.2, -0.15) is 11.8 Å². The van der Waals surface area contributed by atoms with E-state index in [-0.39, 0.29) is 5.82 Å². The molecule has 100 valence electrons. The molecule has 0 bridgehead atoms. The Labute approximate surface area is 126 Å². The summed E-state index contributed by atoms with van der Waals surface area (Å²) in [6.45, 7) is 4.21. The largest absolute Gasteiger partial charge is 0.207 e. The first-order chi connectivity index (χ1) is 9.04. The molecule has 0 aromatic heterocycles. The van der Waals surface area contributed by atoms with E-state index in [4.69, 9.17) is 0 Å². The van der Waals surface area contributed by atoms with Crippen molar-refractivity contribution >= 4 is 27.7 Å². The minimum atomic E-state index is -0.137. The predicted molar refractivity (Wildman–Crippen MR) is 85.0 cm³/mol. The molecule has 0 N–H and O–H groups in total. The third kappa shape index (κ3) is 4.36. The van der Waals surface area contributed by atoms with Crippen LogP contribution in [0.5, 0.6) is 0 Å². The zero-order valence-electron chi connectivity index (χ0n) is 11.0. The van der Waals surface area contributed by atoms with E-state index in [0.29, 0.717) is 5.75 Å². The molecule has 0 heterocycles. The van der Waals surface area contributed by atoms with Gasteiger partial charge in [0.15, 0.2) is 0 Å². The van der Waals surface area contributed by atoms with Gasteiger partial charge in [0.05, 0.1) is 0 Å². The molecule has 2 aromatic carbocycles. The van der Waals surface area contributed by atoms with Crippen LogP contribution < -0.4 is 0 Å². The zero-order chi connectivity index (χ0) is 13.8. The first-order valence-electron chi connectivity index (χ1n) is 6.13. The second kappa shape index (κ2) is 6.58. The average Bonchev–Trinajstić information content (AvgIpc) is 2.30. The van der Waals surface area contributed by atoms with E-state index >= 15 is 0 Å². The Balaban J connectivity index is 1.96. The van der Waals surface area contributed by atoms with Crippen LogP contribution in [0.2, 0.25) is 0 Å². The summed E-state index contributed by atoms with van der Waals surface area (Å²) in [7, 11) is 0. The predicted octanol–water partition coefficient (Wildman–Crippen LogP) is 5.64. The summed E-state index contributed by atoms with van der Waals surface area (Å²) in [5, 5.41) is 0. The molecule has 19 heavy (non-hydrogen) atoms. The molecule has 2 rings (SSSR count). The van der Waals surface area contributed by atoms with Gasteiger partial charge in [-0.3, -0.25) is 0 Å². The Morgan fingerprint density at radius 3 is 2.32 bits per heavy atom. The summed E-state index contributed by atoms with van der Waals surface area (Å²) >= 11 is 5.01. The molecular weight excluding hydrogens is 323 g/mol. The van der Waals surface area contributed by atoms with E-state index in [0.717, 1.165) is 15.8 Å². The SMILES string of the molecule is Cc1cc(C)cc(CSCc2ccc(Br)cc2F)c1. The average molecular weight is 339 g/mol. The molecule has 0 spiro atoms. The van der Waals surface area contributed by atoms with Crippen molar-refractivity contribution in [2.24, 2.45) is 0 Å². The lowest BCUT2D eigenvalue weighted by Crippen LogP contribution is -1.89. The molecule has 0 atom stereocenters. The first-order valence-corrected chi connectivity index (χ1v) is 8.08. The number of hydrogen-bond acceptors (Lipinski definition) is 1. The third-order valence-corrected chi connectivity index (χ3v) is 4.37. The van der Waals surface area contributed by atoms with E-state index < -0.39 is 0 Å². The van der Waals surface area contributed by atoms with E-state index in [1.54, 1.807) is 11.8 Å². The van der Waals surface area contributed by atoms with Gasteiger partial charge in [0.2, 0.25) is 0 Å². The number of rotatable bonds is 4. The highest BCUT2D eigenvalue weighted by molar-refractivity contribution is 9.10. The summed E-state index contributed by atoms with van der Waals surface area (Å²) in [6, 6.07) is 11.8. The van der Waals surface area contributed by atoms with E-state index in [2.05, 4.69) is 48.0 Å². The maximum atomic E-state index is 13.7. The van der Waals surface area contributed by atoms with Gasteiger partial charge < -0.3 is 0 Å². The van der Waals surface area contributed by atoms with Crippen LogP contribution in [0.4, 0.5) is 4.39 Å². The van der Waals surface area contributed by atoms with Gasteiger partial charge in [-0.05, 0) is 37.1 Å². The molecule has 0 unspecified atom stereocenters. The second-order valence-electron chi connectivity index (χ2n) is 4.72. The van der Waals surface area contributed by atoms with Gasteiger partial charge in [-0.1, -0.05) is 51.3 Å². The molecule has 0 amide bonds. The molecule has 0 nitrogen and oxygen atoms in total. The quantitative estimate of drug-likeness (QED) is 0.695. The van der Waals surface area contributed by atoms with Crippen molar-refractivity contribution in [2.75, 3.05) is 0 Å². The van der Waals surface area contributed by atoms with Crippen molar-refractivity contribution in [1.82, 2.24) is 0 Å². The van der Waals surface area contributed by atoms with Crippen LogP contribution in [0.15, 0.2) is 40.9 Å². The Hall–Kier alpha value is -0.800. The molecule has 0 fully saturated rings. The summed E-state index contributed by atoms with van der Waals surface area (Å²) in [5.41, 5.74) is 4.63. The number of thioether (sulfide) groups is 1. The molecule has 0 radical (unpaired) electrons. The van der Waals surface area contributed by atoms with Gasteiger partial charge in [0.25, 0.3) is 0 Å². The summed E-state index contributed by atoms with van der Waals surface area (Å²) < 4.78 is 14.4. The first kappa shape index (κ1) is 14.6. The van der Waals surface area contributed by atoms with Crippen molar-refractivity contribution in [3.8, 4) is 0 Å². The molecule has 0 saturated carbocycles.